The van der Waals surface area contributed by atoms with Crippen molar-refractivity contribution in [1.82, 2.24) is 0 Å². The highest BCUT2D eigenvalue weighted by Crippen LogP contribution is 2.41. The molecule has 4 rings (SSSR count). The lowest BCUT2D eigenvalue weighted by Crippen LogP contribution is -2.58. The van der Waals surface area contributed by atoms with Crippen LogP contribution in [0.1, 0.15) is 33.2 Å². The summed E-state index contributed by atoms with van der Waals surface area (Å²) in [7, 11) is 1.60. The number of aliphatic hydroxyl groups excluding tert-OH is 3. The highest BCUT2D eigenvalue weighted by molar-refractivity contribution is 6.31. The van der Waals surface area contributed by atoms with Gasteiger partial charge in [0.15, 0.2) is 6.10 Å². The number of methoxy groups -OCH3 is 1. The molecule has 0 aliphatic carbocycles. The third-order valence-electron chi connectivity index (χ3n) is 5.41. The lowest BCUT2D eigenvalue weighted by Gasteiger charge is -2.44. The molecule has 2 aliphatic heterocycles. The van der Waals surface area contributed by atoms with E-state index in [0.717, 1.165) is 16.9 Å². The maximum Gasteiger partial charge on any atom is 0.339 e. The van der Waals surface area contributed by atoms with Crippen LogP contribution in [0.25, 0.3) is 0 Å². The first-order chi connectivity index (χ1) is 13.9. The predicted molar refractivity (Wildman–Crippen MR) is 103 cm³/mol. The van der Waals surface area contributed by atoms with Gasteiger partial charge in [-0.2, -0.15) is 0 Å². The van der Waals surface area contributed by atoms with Crippen LogP contribution in [-0.4, -0.2) is 59.4 Å². The van der Waals surface area contributed by atoms with Crippen LogP contribution in [-0.2, 0) is 15.9 Å². The Balaban J connectivity index is 1.70. The number of ether oxygens (including phenoxy) is 3. The number of aliphatic hydroxyl groups is 3. The van der Waals surface area contributed by atoms with E-state index in [1.54, 1.807) is 13.2 Å². The van der Waals surface area contributed by atoms with Crippen molar-refractivity contribution in [3.63, 3.8) is 0 Å². The van der Waals surface area contributed by atoms with Crippen molar-refractivity contribution in [2.75, 3.05) is 13.7 Å². The average molecular weight is 421 g/mol. The summed E-state index contributed by atoms with van der Waals surface area (Å²) in [6.07, 6.45) is -5.09. The first-order valence-electron chi connectivity index (χ1n) is 9.21. The average Bonchev–Trinajstić information content (AvgIpc) is 2.73. The van der Waals surface area contributed by atoms with Gasteiger partial charge in [-0.25, -0.2) is 4.79 Å². The van der Waals surface area contributed by atoms with Gasteiger partial charge in [0.2, 0.25) is 0 Å². The number of rotatable bonds is 4. The number of carbonyl (C=O) groups is 1. The normalized spacial score (nSPS) is 28.3. The molecule has 2 aliphatic rings. The van der Waals surface area contributed by atoms with Gasteiger partial charge in [-0.1, -0.05) is 29.8 Å². The molecule has 8 heteroatoms. The lowest BCUT2D eigenvalue weighted by molar-refractivity contribution is -0.234. The number of hydrogen-bond acceptors (Lipinski definition) is 7. The first kappa shape index (κ1) is 20.1. The third kappa shape index (κ3) is 3.60. The SMILES string of the molecule is COc1ccc(Cc2cc3c(cc2Cl)C(=O)O[C@@H]2[C@@H](O)[C@H](O)[C@@H](CO)O[C@@H]32)cc1. The second-order valence-corrected chi connectivity index (χ2v) is 7.59. The minimum absolute atomic E-state index is 0.245. The fraction of sp³-hybridized carbons (Fsp3) is 0.381. The van der Waals surface area contributed by atoms with Crippen LogP contribution in [0.4, 0.5) is 0 Å². The highest BCUT2D eigenvalue weighted by Gasteiger charge is 2.50. The van der Waals surface area contributed by atoms with Crippen LogP contribution in [0.2, 0.25) is 5.02 Å². The fourth-order valence-electron chi connectivity index (χ4n) is 3.81. The molecule has 1 saturated heterocycles. The highest BCUT2D eigenvalue weighted by atomic mass is 35.5. The minimum atomic E-state index is -1.37. The van der Waals surface area contributed by atoms with E-state index in [1.807, 2.05) is 24.3 Å². The Labute approximate surface area is 172 Å². The Morgan fingerprint density at radius 1 is 1.14 bits per heavy atom. The first-order valence-corrected chi connectivity index (χ1v) is 9.59. The van der Waals surface area contributed by atoms with Crippen LogP contribution in [0.3, 0.4) is 0 Å². The summed E-state index contributed by atoms with van der Waals surface area (Å²) in [6, 6.07) is 10.8. The van der Waals surface area contributed by atoms with Gasteiger partial charge in [-0.3, -0.25) is 0 Å². The molecule has 7 nitrogen and oxygen atoms in total. The van der Waals surface area contributed by atoms with Crippen LogP contribution in [0, 0.1) is 0 Å². The molecule has 3 N–H and O–H groups in total. The summed E-state index contributed by atoms with van der Waals surface area (Å²) in [5.41, 5.74) is 2.53. The summed E-state index contributed by atoms with van der Waals surface area (Å²) < 4.78 is 16.2. The van der Waals surface area contributed by atoms with E-state index in [9.17, 15) is 20.1 Å². The molecule has 2 aromatic rings. The van der Waals surface area contributed by atoms with Gasteiger partial charge >= 0.3 is 5.97 Å². The maximum atomic E-state index is 12.4. The predicted octanol–water partition coefficient (Wildman–Crippen LogP) is 1.63. The Kier molecular flexibility index (Phi) is 5.50. The van der Waals surface area contributed by atoms with Crippen LogP contribution in [0.5, 0.6) is 5.75 Å². The molecule has 0 radical (unpaired) electrons. The Hall–Kier alpha value is -2.16. The molecular weight excluding hydrogens is 400 g/mol. The van der Waals surface area contributed by atoms with E-state index < -0.39 is 43.1 Å². The quantitative estimate of drug-likeness (QED) is 0.645. The van der Waals surface area contributed by atoms with Crippen molar-refractivity contribution >= 4 is 17.6 Å². The molecule has 0 aromatic heterocycles. The largest absolute Gasteiger partial charge is 0.497 e. The number of benzene rings is 2. The van der Waals surface area contributed by atoms with E-state index in [2.05, 4.69) is 0 Å². The molecule has 5 atom stereocenters. The summed E-state index contributed by atoms with van der Waals surface area (Å²) in [5.74, 6) is 0.102. The van der Waals surface area contributed by atoms with Gasteiger partial charge in [-0.15, -0.1) is 0 Å². The van der Waals surface area contributed by atoms with Crippen LogP contribution in [0.15, 0.2) is 36.4 Å². The summed E-state index contributed by atoms with van der Waals surface area (Å²) >= 11 is 6.42. The molecule has 2 heterocycles. The molecule has 0 amide bonds. The molecule has 0 bridgehead atoms. The smallest absolute Gasteiger partial charge is 0.339 e. The Morgan fingerprint density at radius 3 is 2.52 bits per heavy atom. The van der Waals surface area contributed by atoms with E-state index in [4.69, 9.17) is 25.8 Å². The number of halogens is 1. The molecule has 0 spiro atoms. The zero-order valence-corrected chi connectivity index (χ0v) is 16.4. The molecule has 0 unspecified atom stereocenters. The van der Waals surface area contributed by atoms with Gasteiger partial charge in [0.25, 0.3) is 0 Å². The van der Waals surface area contributed by atoms with Crippen molar-refractivity contribution in [2.24, 2.45) is 0 Å². The number of hydrogen-bond donors (Lipinski definition) is 3. The monoisotopic (exact) mass is 420 g/mol. The van der Waals surface area contributed by atoms with Crippen molar-refractivity contribution in [3.05, 3.63) is 63.7 Å². The molecule has 29 heavy (non-hydrogen) atoms. The van der Waals surface area contributed by atoms with Crippen LogP contribution >= 0.6 is 11.6 Å². The van der Waals surface area contributed by atoms with Gasteiger partial charge in [0, 0.05) is 5.02 Å². The second-order valence-electron chi connectivity index (χ2n) is 7.18. The van der Waals surface area contributed by atoms with Crippen molar-refractivity contribution in [2.45, 2.75) is 36.9 Å². The van der Waals surface area contributed by atoms with Crippen molar-refractivity contribution in [1.29, 1.82) is 0 Å². The lowest BCUT2D eigenvalue weighted by atomic mass is 9.85. The summed E-state index contributed by atoms with van der Waals surface area (Å²) in [5, 5.41) is 30.3. The Morgan fingerprint density at radius 2 is 1.86 bits per heavy atom. The molecule has 1 fully saturated rings. The third-order valence-corrected chi connectivity index (χ3v) is 5.76. The zero-order chi connectivity index (χ0) is 20.7. The topological polar surface area (TPSA) is 105 Å². The van der Waals surface area contributed by atoms with Gasteiger partial charge in [0.05, 0.1) is 19.3 Å². The minimum Gasteiger partial charge on any atom is -0.497 e. The Bertz CT molecular complexity index is 914. The molecule has 154 valence electrons. The molecule has 2 aromatic carbocycles. The van der Waals surface area contributed by atoms with Crippen molar-refractivity contribution < 1.29 is 34.3 Å². The number of fused-ring (bicyclic) bond motifs is 3. The van der Waals surface area contributed by atoms with E-state index in [0.29, 0.717) is 17.0 Å². The second kappa shape index (κ2) is 7.93. The van der Waals surface area contributed by atoms with Gasteiger partial charge < -0.3 is 29.5 Å². The van der Waals surface area contributed by atoms with Gasteiger partial charge in [-0.05, 0) is 41.3 Å². The van der Waals surface area contributed by atoms with E-state index in [-0.39, 0.29) is 5.56 Å². The number of carbonyl (C=O) groups excluding carboxylic acids is 1. The van der Waals surface area contributed by atoms with Gasteiger partial charge in [0.1, 0.15) is 30.2 Å². The van der Waals surface area contributed by atoms with E-state index >= 15 is 0 Å². The van der Waals surface area contributed by atoms with Crippen molar-refractivity contribution in [3.8, 4) is 5.75 Å². The number of esters is 1. The van der Waals surface area contributed by atoms with E-state index in [1.165, 1.54) is 6.07 Å². The molecule has 0 saturated carbocycles. The molecular formula is C21H21ClO7. The van der Waals surface area contributed by atoms with Crippen LogP contribution < -0.4 is 4.74 Å². The standard InChI is InChI=1S/C21H21ClO7/c1-27-12-4-2-10(3-5-12)6-11-7-13-14(8-15(11)22)21(26)29-20-18(25)17(24)16(9-23)28-19(13)20/h2-5,7-8,16-20,23-25H,6,9H2,1H3/t16-,17-,18+,19+,20-/m1/s1. The fourth-order valence-corrected chi connectivity index (χ4v) is 4.04. The maximum absolute atomic E-state index is 12.4. The summed E-state index contributed by atoms with van der Waals surface area (Å²) in [4.78, 5) is 12.4. The summed E-state index contributed by atoms with van der Waals surface area (Å²) in [6.45, 7) is -0.475. The zero-order valence-electron chi connectivity index (χ0n) is 15.6.